The third-order valence-electron chi connectivity index (χ3n) is 5.89. The number of carbonyl (C=O) groups excluding carboxylic acids is 1. The van der Waals surface area contributed by atoms with E-state index in [4.69, 9.17) is 10.5 Å². The summed E-state index contributed by atoms with van der Waals surface area (Å²) in [5.74, 6) is 0.577. The first-order chi connectivity index (χ1) is 14.2. The van der Waals surface area contributed by atoms with Crippen LogP contribution in [0.1, 0.15) is 45.9 Å². The van der Waals surface area contributed by atoms with E-state index in [9.17, 15) is 4.79 Å². The first kappa shape index (κ1) is 19.6. The third-order valence-corrected chi connectivity index (χ3v) is 5.89. The standard InChI is InChI=1S/C23H28N4O2/c1-29-12-8-21-22-19(5-9-25-21)20(15-26-22)23(28)27-10-6-17(7-11-27)18-4-2-3-16(13-18)14-24/h2-5,9,13,15,17,26H,6-8,10-12,14,24H2,1H3. The van der Waals surface area contributed by atoms with Crippen LogP contribution in [-0.2, 0) is 17.7 Å². The Morgan fingerprint density at radius 3 is 2.90 bits per heavy atom. The smallest absolute Gasteiger partial charge is 0.256 e. The fourth-order valence-electron chi connectivity index (χ4n) is 4.24. The zero-order chi connectivity index (χ0) is 20.2. The van der Waals surface area contributed by atoms with Crippen LogP contribution in [0.25, 0.3) is 10.9 Å². The highest BCUT2D eigenvalue weighted by Crippen LogP contribution is 2.30. The molecule has 2 aromatic heterocycles. The fraction of sp³-hybridized carbons (Fsp3) is 0.391. The molecule has 152 valence electrons. The lowest BCUT2D eigenvalue weighted by molar-refractivity contribution is 0.0715. The minimum atomic E-state index is 0.0919. The van der Waals surface area contributed by atoms with Crippen molar-refractivity contribution in [1.29, 1.82) is 0 Å². The summed E-state index contributed by atoms with van der Waals surface area (Å²) in [5, 5.41) is 0.939. The highest BCUT2D eigenvalue weighted by molar-refractivity contribution is 6.07. The molecule has 1 aliphatic rings. The van der Waals surface area contributed by atoms with Gasteiger partial charge in [0.05, 0.1) is 23.4 Å². The van der Waals surface area contributed by atoms with Crippen molar-refractivity contribution in [1.82, 2.24) is 14.9 Å². The fourth-order valence-corrected chi connectivity index (χ4v) is 4.24. The summed E-state index contributed by atoms with van der Waals surface area (Å²) in [6.07, 6.45) is 6.26. The number of aromatic nitrogens is 2. The van der Waals surface area contributed by atoms with Gasteiger partial charge in [-0.3, -0.25) is 9.78 Å². The first-order valence-electron chi connectivity index (χ1n) is 10.2. The van der Waals surface area contributed by atoms with Gasteiger partial charge in [-0.1, -0.05) is 24.3 Å². The number of methoxy groups -OCH3 is 1. The molecule has 29 heavy (non-hydrogen) atoms. The van der Waals surface area contributed by atoms with Gasteiger partial charge in [-0.2, -0.15) is 0 Å². The van der Waals surface area contributed by atoms with E-state index in [1.807, 2.05) is 17.2 Å². The number of fused-ring (bicyclic) bond motifs is 1. The number of hydrogen-bond acceptors (Lipinski definition) is 4. The van der Waals surface area contributed by atoms with Gasteiger partial charge in [0.1, 0.15) is 0 Å². The number of amides is 1. The Bertz CT molecular complexity index is 989. The molecule has 0 aliphatic carbocycles. The van der Waals surface area contributed by atoms with Crippen molar-refractivity contribution in [2.75, 3.05) is 26.8 Å². The summed E-state index contributed by atoms with van der Waals surface area (Å²) in [4.78, 5) is 22.9. The Kier molecular flexibility index (Phi) is 5.92. The van der Waals surface area contributed by atoms with E-state index in [2.05, 4.69) is 34.2 Å². The number of likely N-dealkylation sites (tertiary alicyclic amines) is 1. The largest absolute Gasteiger partial charge is 0.384 e. The van der Waals surface area contributed by atoms with Gasteiger partial charge >= 0.3 is 0 Å². The molecule has 0 saturated carbocycles. The van der Waals surface area contributed by atoms with E-state index < -0.39 is 0 Å². The average Bonchev–Trinajstić information content (AvgIpc) is 3.22. The Morgan fingerprint density at radius 2 is 2.14 bits per heavy atom. The predicted octanol–water partition coefficient (Wildman–Crippen LogP) is 3.23. The summed E-state index contributed by atoms with van der Waals surface area (Å²) in [6, 6.07) is 10.4. The molecule has 3 N–H and O–H groups in total. The van der Waals surface area contributed by atoms with Crippen LogP contribution in [0, 0.1) is 0 Å². The van der Waals surface area contributed by atoms with Crippen LogP contribution in [0.4, 0.5) is 0 Å². The molecule has 0 radical (unpaired) electrons. The van der Waals surface area contributed by atoms with E-state index in [-0.39, 0.29) is 5.91 Å². The van der Waals surface area contributed by atoms with E-state index in [1.165, 1.54) is 5.56 Å². The van der Waals surface area contributed by atoms with Gasteiger partial charge in [-0.05, 0) is 36.0 Å². The zero-order valence-electron chi connectivity index (χ0n) is 16.9. The summed E-state index contributed by atoms with van der Waals surface area (Å²) in [5.41, 5.74) is 10.9. The van der Waals surface area contributed by atoms with Crippen molar-refractivity contribution in [2.24, 2.45) is 5.73 Å². The van der Waals surface area contributed by atoms with Crippen LogP contribution < -0.4 is 5.73 Å². The number of nitrogens with one attached hydrogen (secondary N) is 1. The maximum atomic E-state index is 13.2. The number of piperidine rings is 1. The number of ether oxygens (including phenoxy) is 1. The molecule has 3 aromatic rings. The van der Waals surface area contributed by atoms with Crippen molar-refractivity contribution in [3.8, 4) is 0 Å². The van der Waals surface area contributed by atoms with Crippen LogP contribution in [0.5, 0.6) is 0 Å². The number of nitrogens with two attached hydrogens (primary N) is 1. The Balaban J connectivity index is 1.47. The molecule has 6 nitrogen and oxygen atoms in total. The second kappa shape index (κ2) is 8.76. The third kappa shape index (κ3) is 4.04. The molecule has 0 spiro atoms. The molecule has 1 aliphatic heterocycles. The Labute approximate surface area is 171 Å². The maximum absolute atomic E-state index is 13.2. The highest BCUT2D eigenvalue weighted by Gasteiger charge is 2.26. The number of nitrogens with zero attached hydrogens (tertiary/aromatic N) is 2. The summed E-state index contributed by atoms with van der Waals surface area (Å²) < 4.78 is 5.17. The molecule has 0 atom stereocenters. The number of aromatic amines is 1. The van der Waals surface area contributed by atoms with Crippen LogP contribution in [0.15, 0.2) is 42.7 Å². The van der Waals surface area contributed by atoms with Crippen LogP contribution in [0.2, 0.25) is 0 Å². The topological polar surface area (TPSA) is 84.2 Å². The number of rotatable bonds is 6. The van der Waals surface area contributed by atoms with Gasteiger partial charge < -0.3 is 20.4 Å². The number of pyridine rings is 1. The molecular weight excluding hydrogens is 364 g/mol. The SMILES string of the molecule is COCCc1nccc2c(C(=O)N3CCC(c4cccc(CN)c4)CC3)c[nH]c12. The highest BCUT2D eigenvalue weighted by atomic mass is 16.5. The van der Waals surface area contributed by atoms with Crippen LogP contribution >= 0.6 is 0 Å². The van der Waals surface area contributed by atoms with Crippen molar-refractivity contribution >= 4 is 16.8 Å². The van der Waals surface area contributed by atoms with Gasteiger partial charge in [-0.25, -0.2) is 0 Å². The van der Waals surface area contributed by atoms with Crippen molar-refractivity contribution < 1.29 is 9.53 Å². The van der Waals surface area contributed by atoms with Crippen molar-refractivity contribution in [3.63, 3.8) is 0 Å². The maximum Gasteiger partial charge on any atom is 0.256 e. The number of carbonyl (C=O) groups is 1. The molecule has 0 bridgehead atoms. The van der Waals surface area contributed by atoms with Gasteiger partial charge in [-0.15, -0.1) is 0 Å². The Hall–Kier alpha value is -2.70. The molecule has 6 heteroatoms. The molecule has 0 unspecified atom stereocenters. The van der Waals surface area contributed by atoms with Gasteiger partial charge in [0.15, 0.2) is 0 Å². The monoisotopic (exact) mass is 392 g/mol. The van der Waals surface area contributed by atoms with E-state index in [0.29, 0.717) is 19.1 Å². The van der Waals surface area contributed by atoms with E-state index in [1.54, 1.807) is 13.3 Å². The molecule has 1 saturated heterocycles. The number of H-pyrrole nitrogens is 1. The molecule has 1 aromatic carbocycles. The summed E-state index contributed by atoms with van der Waals surface area (Å²) >= 11 is 0. The first-order valence-corrected chi connectivity index (χ1v) is 10.2. The van der Waals surface area contributed by atoms with Crippen molar-refractivity contribution in [3.05, 3.63) is 65.1 Å². The predicted molar refractivity (Wildman–Crippen MR) is 114 cm³/mol. The van der Waals surface area contributed by atoms with Crippen molar-refractivity contribution in [2.45, 2.75) is 31.7 Å². The van der Waals surface area contributed by atoms with Gasteiger partial charge in [0.2, 0.25) is 0 Å². The van der Waals surface area contributed by atoms with Gasteiger partial charge in [0, 0.05) is 50.9 Å². The number of hydrogen-bond donors (Lipinski definition) is 2. The molecule has 1 amide bonds. The molecule has 1 fully saturated rings. The lowest BCUT2D eigenvalue weighted by Crippen LogP contribution is -2.37. The number of benzene rings is 1. The normalized spacial score (nSPS) is 15.2. The minimum absolute atomic E-state index is 0.0919. The van der Waals surface area contributed by atoms with Crippen LogP contribution in [-0.4, -0.2) is 47.6 Å². The van der Waals surface area contributed by atoms with E-state index in [0.717, 1.165) is 60.1 Å². The molecular formula is C23H28N4O2. The van der Waals surface area contributed by atoms with E-state index >= 15 is 0 Å². The zero-order valence-corrected chi connectivity index (χ0v) is 16.9. The second-order valence-electron chi connectivity index (χ2n) is 7.64. The second-order valence-corrected chi connectivity index (χ2v) is 7.64. The average molecular weight is 393 g/mol. The van der Waals surface area contributed by atoms with Gasteiger partial charge in [0.25, 0.3) is 5.91 Å². The lowest BCUT2D eigenvalue weighted by Gasteiger charge is -2.32. The Morgan fingerprint density at radius 1 is 1.31 bits per heavy atom. The molecule has 3 heterocycles. The quantitative estimate of drug-likeness (QED) is 0.675. The van der Waals surface area contributed by atoms with Crippen LogP contribution in [0.3, 0.4) is 0 Å². The lowest BCUT2D eigenvalue weighted by atomic mass is 9.88. The minimum Gasteiger partial charge on any atom is -0.384 e. The molecule has 4 rings (SSSR count). The summed E-state index contributed by atoms with van der Waals surface area (Å²) in [6.45, 7) is 2.70. The summed E-state index contributed by atoms with van der Waals surface area (Å²) in [7, 11) is 1.68.